The average Bonchev–Trinajstić information content (AvgIpc) is 3.13. The lowest BCUT2D eigenvalue weighted by Gasteiger charge is -2.43. The Morgan fingerprint density at radius 1 is 1.12 bits per heavy atom. The summed E-state index contributed by atoms with van der Waals surface area (Å²) in [6, 6.07) is 5.86. The van der Waals surface area contributed by atoms with Crippen molar-refractivity contribution in [2.24, 2.45) is 0 Å². The van der Waals surface area contributed by atoms with Gasteiger partial charge in [-0.05, 0) is 12.1 Å². The van der Waals surface area contributed by atoms with Crippen molar-refractivity contribution in [1.82, 2.24) is 19.8 Å². The Morgan fingerprint density at radius 3 is 2.36 bits per heavy atom. The van der Waals surface area contributed by atoms with E-state index >= 15 is 0 Å². The van der Waals surface area contributed by atoms with Crippen LogP contribution in [0, 0.1) is 6.92 Å². The Hall–Kier alpha value is -1.77. The number of pyridine rings is 1. The highest BCUT2D eigenvalue weighted by atomic mass is 32.2. The quantitative estimate of drug-likeness (QED) is 0.798. The summed E-state index contributed by atoms with van der Waals surface area (Å²) in [5.74, 6) is 1.07. The molecule has 0 N–H and O–H groups in total. The number of oxazole rings is 1. The van der Waals surface area contributed by atoms with Gasteiger partial charge >= 0.3 is 0 Å². The molecule has 0 bridgehead atoms. The minimum atomic E-state index is -3.02. The molecule has 2 aromatic rings. The van der Waals surface area contributed by atoms with E-state index in [9.17, 15) is 8.42 Å². The maximum Gasteiger partial charge on any atom is 0.191 e. The molecular weight excluding hydrogens is 340 g/mol. The molecule has 2 aromatic heterocycles. The normalized spacial score (nSPS) is 26.6. The van der Waals surface area contributed by atoms with Crippen LogP contribution in [0.15, 0.2) is 35.1 Å². The third-order valence-electron chi connectivity index (χ3n) is 5.03. The molecule has 2 saturated heterocycles. The van der Waals surface area contributed by atoms with Crippen molar-refractivity contribution in [1.29, 1.82) is 0 Å². The Labute approximate surface area is 147 Å². The zero-order valence-corrected chi connectivity index (χ0v) is 15.0. The van der Waals surface area contributed by atoms with Crippen LogP contribution in [0.3, 0.4) is 0 Å². The fourth-order valence-electron chi connectivity index (χ4n) is 3.88. The van der Waals surface area contributed by atoms with Gasteiger partial charge in [-0.2, -0.15) is 0 Å². The maximum absolute atomic E-state index is 12.3. The minimum Gasteiger partial charge on any atom is -0.449 e. The maximum atomic E-state index is 12.3. The lowest BCUT2D eigenvalue weighted by molar-refractivity contribution is 0.0340. The van der Waals surface area contributed by atoms with Gasteiger partial charge in [0.25, 0.3) is 0 Å². The van der Waals surface area contributed by atoms with Gasteiger partial charge in [0.15, 0.2) is 15.7 Å². The predicted molar refractivity (Wildman–Crippen MR) is 92.5 cm³/mol. The Morgan fingerprint density at radius 2 is 1.80 bits per heavy atom. The van der Waals surface area contributed by atoms with Gasteiger partial charge in [-0.3, -0.25) is 14.8 Å². The number of aryl methyl sites for hydroxylation is 1. The summed E-state index contributed by atoms with van der Waals surface area (Å²) < 4.78 is 29.9. The van der Waals surface area contributed by atoms with Gasteiger partial charge in [0, 0.05) is 51.4 Å². The van der Waals surface area contributed by atoms with Crippen LogP contribution in [0.4, 0.5) is 0 Å². The molecular formula is C17H22N4O3S. The number of aromatic nitrogens is 2. The molecule has 25 heavy (non-hydrogen) atoms. The van der Waals surface area contributed by atoms with Crippen molar-refractivity contribution < 1.29 is 12.8 Å². The summed E-state index contributed by atoms with van der Waals surface area (Å²) in [5.41, 5.74) is 1.84. The molecule has 0 radical (unpaired) electrons. The van der Waals surface area contributed by atoms with Gasteiger partial charge in [0.05, 0.1) is 22.9 Å². The monoisotopic (exact) mass is 362 g/mol. The first-order valence-electron chi connectivity index (χ1n) is 8.50. The minimum absolute atomic E-state index is 0.000492. The molecule has 4 rings (SSSR count). The molecule has 4 heterocycles. The van der Waals surface area contributed by atoms with Crippen molar-refractivity contribution in [3.63, 3.8) is 0 Å². The summed E-state index contributed by atoms with van der Waals surface area (Å²) in [7, 11) is -3.02. The van der Waals surface area contributed by atoms with Gasteiger partial charge in [-0.15, -0.1) is 0 Å². The van der Waals surface area contributed by atoms with Crippen LogP contribution in [0.2, 0.25) is 0 Å². The fraction of sp³-hybridized carbons (Fsp3) is 0.529. The average molecular weight is 362 g/mol. The Kier molecular flexibility index (Phi) is 4.35. The van der Waals surface area contributed by atoms with Crippen molar-refractivity contribution in [2.45, 2.75) is 32.1 Å². The van der Waals surface area contributed by atoms with Crippen LogP contribution in [0.25, 0.3) is 0 Å². The van der Waals surface area contributed by atoms with Crippen molar-refractivity contribution in [3.8, 4) is 0 Å². The number of sulfone groups is 1. The van der Waals surface area contributed by atoms with Crippen LogP contribution in [0.1, 0.15) is 17.3 Å². The molecule has 0 amide bonds. The third-order valence-corrected chi connectivity index (χ3v) is 6.73. The number of nitrogens with zero attached hydrogens (tertiary/aromatic N) is 4. The lowest BCUT2D eigenvalue weighted by atomic mass is 10.0. The van der Waals surface area contributed by atoms with Gasteiger partial charge in [0.1, 0.15) is 6.26 Å². The molecule has 2 aliphatic heterocycles. The Balaban J connectivity index is 1.53. The van der Waals surface area contributed by atoms with Crippen LogP contribution in [-0.4, -0.2) is 64.9 Å². The largest absolute Gasteiger partial charge is 0.449 e. The van der Waals surface area contributed by atoms with E-state index in [-0.39, 0.29) is 23.6 Å². The molecule has 0 saturated carbocycles. The fourth-order valence-corrected chi connectivity index (χ4v) is 5.92. The van der Waals surface area contributed by atoms with Gasteiger partial charge < -0.3 is 4.42 Å². The Bertz CT molecular complexity index is 837. The topological polar surface area (TPSA) is 79.5 Å². The van der Waals surface area contributed by atoms with E-state index in [2.05, 4.69) is 19.8 Å². The highest BCUT2D eigenvalue weighted by Crippen LogP contribution is 2.29. The van der Waals surface area contributed by atoms with Crippen molar-refractivity contribution >= 4 is 9.84 Å². The van der Waals surface area contributed by atoms with Crippen molar-refractivity contribution in [2.75, 3.05) is 24.6 Å². The zero-order chi connectivity index (χ0) is 17.4. The number of fused-ring (bicyclic) bond motifs is 1. The van der Waals surface area contributed by atoms with Gasteiger partial charge in [-0.1, -0.05) is 6.07 Å². The van der Waals surface area contributed by atoms with Gasteiger partial charge in [-0.25, -0.2) is 13.4 Å². The van der Waals surface area contributed by atoms with E-state index in [1.54, 1.807) is 12.5 Å². The summed E-state index contributed by atoms with van der Waals surface area (Å²) in [6.45, 7) is 4.77. The number of hydrogen-bond donors (Lipinski definition) is 0. The molecule has 0 aromatic carbocycles. The second-order valence-electron chi connectivity index (χ2n) is 6.83. The summed E-state index contributed by atoms with van der Waals surface area (Å²) >= 11 is 0. The van der Waals surface area contributed by atoms with E-state index in [1.165, 1.54) is 0 Å². The second kappa shape index (κ2) is 6.51. The first-order chi connectivity index (χ1) is 12.0. The van der Waals surface area contributed by atoms with Gasteiger partial charge in [0.2, 0.25) is 0 Å². The van der Waals surface area contributed by atoms with Crippen LogP contribution in [-0.2, 0) is 22.9 Å². The number of rotatable bonds is 4. The van der Waals surface area contributed by atoms with E-state index in [1.807, 2.05) is 25.1 Å². The molecule has 2 atom stereocenters. The molecule has 2 fully saturated rings. The van der Waals surface area contributed by atoms with Crippen molar-refractivity contribution in [3.05, 3.63) is 47.9 Å². The van der Waals surface area contributed by atoms with E-state index < -0.39 is 9.84 Å². The molecule has 7 nitrogen and oxygen atoms in total. The second-order valence-corrected chi connectivity index (χ2v) is 8.99. The zero-order valence-electron chi connectivity index (χ0n) is 14.2. The highest BCUT2D eigenvalue weighted by molar-refractivity contribution is 7.91. The SMILES string of the molecule is Cc1nc(CN2CCN(Cc3ccccn3)C3CS(=O)(=O)CC32)co1. The third kappa shape index (κ3) is 3.61. The lowest BCUT2D eigenvalue weighted by Crippen LogP contribution is -2.58. The van der Waals surface area contributed by atoms with E-state index in [0.717, 1.165) is 24.5 Å². The molecule has 134 valence electrons. The van der Waals surface area contributed by atoms with Crippen LogP contribution in [0.5, 0.6) is 0 Å². The molecule has 2 unspecified atom stereocenters. The number of hydrogen-bond acceptors (Lipinski definition) is 7. The highest BCUT2D eigenvalue weighted by Gasteiger charge is 2.46. The standard InChI is InChI=1S/C17H22N4O3S/c1-13-19-15(10-24-13)9-21-7-6-20(8-14-4-2-3-5-18-14)16-11-25(22,23)12-17(16)21/h2-5,10,16-17H,6-9,11-12H2,1H3. The molecule has 2 aliphatic rings. The smallest absolute Gasteiger partial charge is 0.191 e. The van der Waals surface area contributed by atoms with E-state index in [0.29, 0.717) is 19.0 Å². The summed E-state index contributed by atoms with van der Waals surface area (Å²) in [4.78, 5) is 13.2. The summed E-state index contributed by atoms with van der Waals surface area (Å²) in [5, 5.41) is 0. The molecule has 8 heteroatoms. The van der Waals surface area contributed by atoms with Crippen LogP contribution < -0.4 is 0 Å². The first kappa shape index (κ1) is 16.7. The first-order valence-corrected chi connectivity index (χ1v) is 10.3. The van der Waals surface area contributed by atoms with E-state index in [4.69, 9.17) is 4.42 Å². The molecule has 0 aliphatic carbocycles. The predicted octanol–water partition coefficient (Wildman–Crippen LogP) is 0.861. The summed E-state index contributed by atoms with van der Waals surface area (Å²) in [6.07, 6.45) is 3.44. The van der Waals surface area contributed by atoms with Crippen LogP contribution >= 0.6 is 0 Å². The molecule has 0 spiro atoms. The number of piperazine rings is 1.